The molecule has 5 heteroatoms. The van der Waals surface area contributed by atoms with E-state index in [-0.39, 0.29) is 0 Å². The first kappa shape index (κ1) is 10.8. The molecule has 2 aromatic rings. The molecule has 1 aliphatic rings. The molecule has 3 heterocycles. The van der Waals surface area contributed by atoms with Crippen LogP contribution in [0.2, 0.25) is 0 Å². The Hall–Kier alpha value is -1.36. The van der Waals surface area contributed by atoms with Gasteiger partial charge in [-0.2, -0.15) is 0 Å². The smallest absolute Gasteiger partial charge is 0.196 e. The number of carbonyl (C=O) groups is 1. The Kier molecular flexibility index (Phi) is 2.63. The van der Waals surface area contributed by atoms with Crippen LogP contribution in [-0.2, 0) is 0 Å². The third-order valence-electron chi connectivity index (χ3n) is 3.47. The molecule has 1 saturated heterocycles. The van der Waals surface area contributed by atoms with E-state index in [1.165, 1.54) is 12.8 Å². The molecule has 0 bridgehead atoms. The molecule has 0 amide bonds. The van der Waals surface area contributed by atoms with Crippen molar-refractivity contribution in [3.8, 4) is 0 Å². The molecule has 0 aliphatic carbocycles. The van der Waals surface area contributed by atoms with Gasteiger partial charge in [-0.25, -0.2) is 4.98 Å². The lowest BCUT2D eigenvalue weighted by Crippen LogP contribution is -2.33. The summed E-state index contributed by atoms with van der Waals surface area (Å²) in [7, 11) is 0. The summed E-state index contributed by atoms with van der Waals surface area (Å²) >= 11 is 1.57. The lowest BCUT2D eigenvalue weighted by Gasteiger charge is -2.30. The number of piperidine rings is 1. The van der Waals surface area contributed by atoms with Crippen LogP contribution in [0, 0.1) is 5.92 Å². The summed E-state index contributed by atoms with van der Waals surface area (Å²) < 4.78 is 1.88. The highest BCUT2D eigenvalue weighted by atomic mass is 32.1. The molecular weight excluding hydrogens is 234 g/mol. The van der Waals surface area contributed by atoms with Crippen LogP contribution in [0.3, 0.4) is 0 Å². The molecule has 0 unspecified atom stereocenters. The molecule has 3 rings (SSSR count). The number of imidazole rings is 1. The molecule has 2 aromatic heterocycles. The first-order valence-corrected chi connectivity index (χ1v) is 6.83. The standard InChI is InChI=1S/C12H15N3OS/c1-9-2-4-14(5-3-9)11-10(8-16)15-6-7-17-12(15)13-11/h6-9H,2-5H2,1H3. The van der Waals surface area contributed by atoms with E-state index in [9.17, 15) is 4.79 Å². The fraction of sp³-hybridized carbons (Fsp3) is 0.500. The van der Waals surface area contributed by atoms with E-state index in [0.29, 0.717) is 5.69 Å². The van der Waals surface area contributed by atoms with Gasteiger partial charge in [0.15, 0.2) is 17.1 Å². The molecule has 1 aliphatic heterocycles. The highest BCUT2D eigenvalue weighted by Crippen LogP contribution is 2.27. The van der Waals surface area contributed by atoms with Crippen molar-refractivity contribution in [1.29, 1.82) is 0 Å². The molecule has 1 fully saturated rings. The number of hydrogen-bond donors (Lipinski definition) is 0. The van der Waals surface area contributed by atoms with Crippen LogP contribution in [0.5, 0.6) is 0 Å². The number of aldehydes is 1. The number of thiazole rings is 1. The number of nitrogens with zero attached hydrogens (tertiary/aromatic N) is 3. The summed E-state index contributed by atoms with van der Waals surface area (Å²) in [5, 5.41) is 1.96. The van der Waals surface area contributed by atoms with Gasteiger partial charge in [-0.05, 0) is 18.8 Å². The maximum absolute atomic E-state index is 11.2. The molecule has 17 heavy (non-hydrogen) atoms. The van der Waals surface area contributed by atoms with E-state index < -0.39 is 0 Å². The van der Waals surface area contributed by atoms with Crippen LogP contribution in [0.15, 0.2) is 11.6 Å². The minimum Gasteiger partial charge on any atom is -0.355 e. The number of rotatable bonds is 2. The van der Waals surface area contributed by atoms with Crippen molar-refractivity contribution >= 4 is 28.4 Å². The third kappa shape index (κ3) is 1.74. The van der Waals surface area contributed by atoms with E-state index in [1.54, 1.807) is 11.3 Å². The summed E-state index contributed by atoms with van der Waals surface area (Å²) in [4.78, 5) is 18.9. The van der Waals surface area contributed by atoms with Crippen LogP contribution < -0.4 is 4.90 Å². The SMILES string of the molecule is CC1CCN(c2nc3sccn3c2C=O)CC1. The molecule has 0 saturated carbocycles. The van der Waals surface area contributed by atoms with Gasteiger partial charge in [0.25, 0.3) is 0 Å². The Morgan fingerprint density at radius 1 is 1.47 bits per heavy atom. The predicted molar refractivity (Wildman–Crippen MR) is 69.1 cm³/mol. The Balaban J connectivity index is 1.98. The van der Waals surface area contributed by atoms with Crippen molar-refractivity contribution in [2.45, 2.75) is 19.8 Å². The molecule has 0 radical (unpaired) electrons. The van der Waals surface area contributed by atoms with Gasteiger partial charge in [0.2, 0.25) is 0 Å². The van der Waals surface area contributed by atoms with Crippen LogP contribution in [-0.4, -0.2) is 28.8 Å². The summed E-state index contributed by atoms with van der Waals surface area (Å²) in [6.07, 6.45) is 5.19. The normalized spacial score (nSPS) is 17.8. The topological polar surface area (TPSA) is 37.6 Å². The second kappa shape index (κ2) is 4.14. The Labute approximate surface area is 104 Å². The molecule has 0 spiro atoms. The maximum Gasteiger partial charge on any atom is 0.196 e. The average molecular weight is 249 g/mol. The molecular formula is C12H15N3OS. The van der Waals surface area contributed by atoms with Crippen molar-refractivity contribution in [2.75, 3.05) is 18.0 Å². The number of anilines is 1. The number of fused-ring (bicyclic) bond motifs is 1. The largest absolute Gasteiger partial charge is 0.355 e. The van der Waals surface area contributed by atoms with Crippen LogP contribution in [0.4, 0.5) is 5.82 Å². The van der Waals surface area contributed by atoms with Crippen molar-refractivity contribution in [3.05, 3.63) is 17.3 Å². The van der Waals surface area contributed by atoms with Crippen LogP contribution in [0.1, 0.15) is 30.3 Å². The Bertz CT molecular complexity index is 537. The predicted octanol–water partition coefficient (Wildman–Crippen LogP) is 2.44. The van der Waals surface area contributed by atoms with Crippen molar-refractivity contribution in [1.82, 2.24) is 9.38 Å². The average Bonchev–Trinajstić information content (AvgIpc) is 2.89. The minimum absolute atomic E-state index is 0.691. The lowest BCUT2D eigenvalue weighted by molar-refractivity contribution is 0.111. The summed E-state index contributed by atoms with van der Waals surface area (Å²) in [6, 6.07) is 0. The van der Waals surface area contributed by atoms with E-state index in [1.807, 2.05) is 16.0 Å². The molecule has 0 N–H and O–H groups in total. The van der Waals surface area contributed by atoms with E-state index in [2.05, 4.69) is 16.8 Å². The molecule has 90 valence electrons. The van der Waals surface area contributed by atoms with Crippen LogP contribution >= 0.6 is 11.3 Å². The Morgan fingerprint density at radius 2 is 2.24 bits per heavy atom. The monoisotopic (exact) mass is 249 g/mol. The van der Waals surface area contributed by atoms with E-state index >= 15 is 0 Å². The minimum atomic E-state index is 0.691. The number of carbonyl (C=O) groups excluding carboxylic acids is 1. The molecule has 0 atom stereocenters. The van der Waals surface area contributed by atoms with Crippen molar-refractivity contribution in [2.24, 2.45) is 5.92 Å². The van der Waals surface area contributed by atoms with E-state index in [0.717, 1.165) is 36.1 Å². The maximum atomic E-state index is 11.2. The van der Waals surface area contributed by atoms with Crippen LogP contribution in [0.25, 0.3) is 4.96 Å². The lowest BCUT2D eigenvalue weighted by atomic mass is 9.99. The van der Waals surface area contributed by atoms with Gasteiger partial charge in [-0.3, -0.25) is 9.20 Å². The number of aromatic nitrogens is 2. The van der Waals surface area contributed by atoms with Crippen molar-refractivity contribution in [3.63, 3.8) is 0 Å². The first-order chi connectivity index (χ1) is 8.29. The van der Waals surface area contributed by atoms with Gasteiger partial charge in [0.1, 0.15) is 5.69 Å². The van der Waals surface area contributed by atoms with E-state index in [4.69, 9.17) is 0 Å². The quantitative estimate of drug-likeness (QED) is 0.767. The van der Waals surface area contributed by atoms with Gasteiger partial charge in [-0.1, -0.05) is 6.92 Å². The molecule has 4 nitrogen and oxygen atoms in total. The first-order valence-electron chi connectivity index (χ1n) is 5.95. The highest BCUT2D eigenvalue weighted by Gasteiger charge is 2.22. The Morgan fingerprint density at radius 3 is 2.94 bits per heavy atom. The van der Waals surface area contributed by atoms with Gasteiger partial charge >= 0.3 is 0 Å². The van der Waals surface area contributed by atoms with Gasteiger partial charge in [0, 0.05) is 24.7 Å². The van der Waals surface area contributed by atoms with Gasteiger partial charge in [0.05, 0.1) is 0 Å². The fourth-order valence-electron chi connectivity index (χ4n) is 2.35. The van der Waals surface area contributed by atoms with Gasteiger partial charge < -0.3 is 4.90 Å². The fourth-order valence-corrected chi connectivity index (χ4v) is 3.07. The second-order valence-electron chi connectivity index (χ2n) is 4.66. The van der Waals surface area contributed by atoms with Crippen molar-refractivity contribution < 1.29 is 4.79 Å². The summed E-state index contributed by atoms with van der Waals surface area (Å²) in [6.45, 7) is 4.30. The zero-order chi connectivity index (χ0) is 11.8. The highest BCUT2D eigenvalue weighted by molar-refractivity contribution is 7.15. The van der Waals surface area contributed by atoms with Gasteiger partial charge in [-0.15, -0.1) is 11.3 Å². The summed E-state index contributed by atoms with van der Waals surface area (Å²) in [5.74, 6) is 1.65. The zero-order valence-electron chi connectivity index (χ0n) is 9.80. The third-order valence-corrected chi connectivity index (χ3v) is 4.23. The number of hydrogen-bond acceptors (Lipinski definition) is 4. The second-order valence-corrected chi connectivity index (χ2v) is 5.54. The zero-order valence-corrected chi connectivity index (χ0v) is 10.6. The molecule has 0 aromatic carbocycles. The summed E-state index contributed by atoms with van der Waals surface area (Å²) in [5.41, 5.74) is 0.691.